The number of hydrogen-bond acceptors (Lipinski definition) is 2. The topological polar surface area (TPSA) is 26.3 Å². The molecule has 37 valence electrons. The van der Waals surface area contributed by atoms with Gasteiger partial charge in [-0.2, -0.15) is 0 Å². The first kappa shape index (κ1) is 5.95. The van der Waals surface area contributed by atoms with Gasteiger partial charge in [0, 0.05) is 6.08 Å². The third-order valence-corrected chi connectivity index (χ3v) is 0.351. The number of rotatable bonds is 2. The Morgan fingerprint density at radius 1 is 1.86 bits per heavy atom. The van der Waals surface area contributed by atoms with Gasteiger partial charge in [-0.05, 0) is 6.58 Å². The highest BCUT2D eigenvalue weighted by molar-refractivity contribution is 5.81. The van der Waals surface area contributed by atoms with E-state index in [1.165, 1.54) is 0 Å². The molecule has 0 aliphatic rings. The van der Waals surface area contributed by atoms with Crippen molar-refractivity contribution >= 4 is 5.97 Å². The van der Waals surface area contributed by atoms with E-state index in [1.807, 2.05) is 0 Å². The van der Waals surface area contributed by atoms with Crippen LogP contribution in [-0.2, 0) is 9.53 Å². The molecule has 0 spiro atoms. The molecule has 2 nitrogen and oxygen atoms in total. The number of ether oxygens (including phenoxy) is 1. The lowest BCUT2D eigenvalue weighted by Gasteiger charge is -1.84. The molecule has 0 amide bonds. The molecule has 0 saturated carbocycles. The Hall–Kier alpha value is -1.05. The van der Waals surface area contributed by atoms with Crippen molar-refractivity contribution in [2.45, 2.75) is 0 Å². The summed E-state index contributed by atoms with van der Waals surface area (Å²) >= 11 is 0. The number of hydrogen-bond donors (Lipinski definition) is 0. The second-order valence-corrected chi connectivity index (χ2v) is 0.777. The van der Waals surface area contributed by atoms with Crippen LogP contribution in [0.1, 0.15) is 0 Å². The van der Waals surface area contributed by atoms with E-state index in [1.54, 1.807) is 0 Å². The number of carbonyl (C=O) groups excluding carboxylic acids is 1. The highest BCUT2D eigenvalue weighted by Gasteiger charge is 1.84. The second-order valence-electron chi connectivity index (χ2n) is 0.777. The maximum absolute atomic E-state index is 9.96. The van der Waals surface area contributed by atoms with E-state index in [9.17, 15) is 4.79 Å². The average molecular weight is 97.1 g/mol. The van der Waals surface area contributed by atoms with Gasteiger partial charge in [-0.25, -0.2) is 4.79 Å². The first-order chi connectivity index (χ1) is 3.31. The van der Waals surface area contributed by atoms with Gasteiger partial charge in [0.1, 0.15) is 0 Å². The van der Waals surface area contributed by atoms with E-state index >= 15 is 0 Å². The predicted octanol–water partition coefficient (Wildman–Crippen LogP) is 0.662. The molecule has 0 rings (SSSR count). The fourth-order valence-electron chi connectivity index (χ4n) is 0.115. The van der Waals surface area contributed by atoms with Crippen LogP contribution in [0.5, 0.6) is 0 Å². The molecule has 0 atom stereocenters. The van der Waals surface area contributed by atoms with Crippen molar-refractivity contribution in [2.75, 3.05) is 0 Å². The smallest absolute Gasteiger partial charge is 0.334 e. The Labute approximate surface area is 42.1 Å². The Morgan fingerprint density at radius 2 is 2.43 bits per heavy atom. The lowest BCUT2D eigenvalue weighted by atomic mass is 10.7. The molecular weight excluding hydrogens is 92.1 g/mol. The Kier molecular flexibility index (Phi) is 2.68. The number of esters is 1. The summed E-state index contributed by atoms with van der Waals surface area (Å²) in [5, 5.41) is 0. The van der Waals surface area contributed by atoms with Gasteiger partial charge in [-0.1, -0.05) is 6.58 Å². The zero-order valence-electron chi connectivity index (χ0n) is 3.76. The molecule has 0 aromatic heterocycles. The van der Waals surface area contributed by atoms with Gasteiger partial charge in [0.05, 0.1) is 6.26 Å². The molecule has 0 N–H and O–H groups in total. The van der Waals surface area contributed by atoms with Gasteiger partial charge in [-0.3, -0.25) is 0 Å². The minimum atomic E-state index is -0.539. The van der Waals surface area contributed by atoms with Crippen LogP contribution >= 0.6 is 0 Å². The summed E-state index contributed by atoms with van der Waals surface area (Å²) in [7, 11) is 0. The average Bonchev–Trinajstić information content (AvgIpc) is 1.68. The maximum atomic E-state index is 9.96. The van der Waals surface area contributed by atoms with Crippen LogP contribution < -0.4 is 0 Å². The first-order valence-electron chi connectivity index (χ1n) is 1.67. The van der Waals surface area contributed by atoms with Gasteiger partial charge in [0.25, 0.3) is 0 Å². The van der Waals surface area contributed by atoms with Crippen molar-refractivity contribution in [1.29, 1.82) is 0 Å². The van der Waals surface area contributed by atoms with Gasteiger partial charge in [-0.15, -0.1) is 0 Å². The highest BCUT2D eigenvalue weighted by atomic mass is 16.5. The summed E-state index contributed by atoms with van der Waals surface area (Å²) in [5.74, 6) is -0.539. The van der Waals surface area contributed by atoms with Gasteiger partial charge >= 0.3 is 5.97 Å². The first-order valence-corrected chi connectivity index (χ1v) is 1.67. The number of carbonyl (C=O) groups is 1. The van der Waals surface area contributed by atoms with E-state index in [0.717, 1.165) is 12.3 Å². The van der Waals surface area contributed by atoms with Crippen molar-refractivity contribution in [2.24, 2.45) is 0 Å². The lowest BCUT2D eigenvalue weighted by molar-refractivity contribution is -0.132. The van der Waals surface area contributed by atoms with E-state index in [4.69, 9.17) is 0 Å². The van der Waals surface area contributed by atoms with Crippen molar-refractivity contribution in [3.8, 4) is 0 Å². The van der Waals surface area contributed by atoms with Gasteiger partial charge in [0.15, 0.2) is 0 Å². The molecule has 0 aliphatic heterocycles. The molecule has 0 saturated heterocycles. The molecule has 0 unspecified atom stereocenters. The maximum Gasteiger partial charge on any atom is 0.334 e. The van der Waals surface area contributed by atoms with Crippen LogP contribution in [-0.4, -0.2) is 5.97 Å². The molecule has 0 heterocycles. The van der Waals surface area contributed by atoms with E-state index in [2.05, 4.69) is 17.9 Å². The van der Waals surface area contributed by atoms with Crippen LogP contribution in [0.4, 0.5) is 0 Å². The van der Waals surface area contributed by atoms with Crippen molar-refractivity contribution in [3.63, 3.8) is 0 Å². The normalized spacial score (nSPS) is 6.86. The standard InChI is InChI=1S/C5H5O2/c1-3-5(6)7-4-2/h2-4H,1H2. The fourth-order valence-corrected chi connectivity index (χ4v) is 0.115. The minimum absolute atomic E-state index is 0.539. The van der Waals surface area contributed by atoms with Crippen molar-refractivity contribution in [3.05, 3.63) is 25.5 Å². The van der Waals surface area contributed by atoms with Crippen molar-refractivity contribution in [1.82, 2.24) is 0 Å². The van der Waals surface area contributed by atoms with E-state index < -0.39 is 5.97 Å². The summed E-state index contributed by atoms with van der Waals surface area (Å²) in [4.78, 5) is 9.96. The van der Waals surface area contributed by atoms with Crippen LogP contribution in [0, 0.1) is 6.58 Å². The molecule has 0 aliphatic carbocycles. The molecule has 7 heavy (non-hydrogen) atoms. The molecular formula is C5H5O2. The summed E-state index contributed by atoms with van der Waals surface area (Å²) in [6.07, 6.45) is 1.84. The van der Waals surface area contributed by atoms with Crippen LogP contribution in [0.3, 0.4) is 0 Å². The Balaban J connectivity index is 3.36. The third kappa shape index (κ3) is 2.76. The fraction of sp³-hybridized carbons (Fsp3) is 0. The molecule has 0 aromatic rings. The second kappa shape index (κ2) is 3.15. The SMILES string of the molecule is [CH]=COC(=O)C=C. The summed E-state index contributed by atoms with van der Waals surface area (Å²) in [6, 6.07) is 0. The van der Waals surface area contributed by atoms with Crippen LogP contribution in [0.15, 0.2) is 18.9 Å². The molecule has 0 aromatic carbocycles. The summed E-state index contributed by atoms with van der Waals surface area (Å²) < 4.78 is 4.09. The molecule has 0 fully saturated rings. The predicted molar refractivity (Wildman–Crippen MR) is 25.2 cm³/mol. The van der Waals surface area contributed by atoms with Gasteiger partial charge in [0.2, 0.25) is 0 Å². The Morgan fingerprint density at radius 3 is 2.57 bits per heavy atom. The lowest BCUT2D eigenvalue weighted by Crippen LogP contribution is -1.90. The van der Waals surface area contributed by atoms with Crippen LogP contribution in [0.2, 0.25) is 0 Å². The largest absolute Gasteiger partial charge is 0.431 e. The van der Waals surface area contributed by atoms with Crippen molar-refractivity contribution < 1.29 is 9.53 Å². The van der Waals surface area contributed by atoms with Gasteiger partial charge < -0.3 is 4.74 Å². The van der Waals surface area contributed by atoms with Crippen LogP contribution in [0.25, 0.3) is 0 Å². The highest BCUT2D eigenvalue weighted by Crippen LogP contribution is 1.74. The minimum Gasteiger partial charge on any atom is -0.431 e. The van der Waals surface area contributed by atoms with E-state index in [0.29, 0.717) is 0 Å². The molecule has 1 radical (unpaired) electrons. The molecule has 2 heteroatoms. The molecule has 0 bridgehead atoms. The third-order valence-electron chi connectivity index (χ3n) is 0.351. The Bertz CT molecular complexity index is 94.3. The van der Waals surface area contributed by atoms with E-state index in [-0.39, 0.29) is 0 Å². The quantitative estimate of drug-likeness (QED) is 0.287. The summed E-state index contributed by atoms with van der Waals surface area (Å²) in [6.45, 7) is 7.82. The zero-order valence-corrected chi connectivity index (χ0v) is 3.76. The zero-order chi connectivity index (χ0) is 5.70. The summed E-state index contributed by atoms with van der Waals surface area (Å²) in [5.41, 5.74) is 0. The monoisotopic (exact) mass is 97.0 g/mol.